The maximum atomic E-state index is 12.1. The van der Waals surface area contributed by atoms with Crippen LogP contribution in [0.3, 0.4) is 0 Å². The third-order valence-electron chi connectivity index (χ3n) is 2.47. The van der Waals surface area contributed by atoms with Crippen LogP contribution in [0.2, 0.25) is 0 Å². The maximum absolute atomic E-state index is 12.1. The molecule has 0 aliphatic carbocycles. The van der Waals surface area contributed by atoms with Gasteiger partial charge in [0, 0.05) is 25.4 Å². The second-order valence-corrected chi connectivity index (χ2v) is 5.48. The zero-order valence-corrected chi connectivity index (χ0v) is 10.9. The molecule has 19 heavy (non-hydrogen) atoms. The summed E-state index contributed by atoms with van der Waals surface area (Å²) in [5.41, 5.74) is 2.62. The number of sulfonamides is 1. The number of rotatable bonds is 6. The summed E-state index contributed by atoms with van der Waals surface area (Å²) in [6, 6.07) is 5.02. The van der Waals surface area contributed by atoms with Gasteiger partial charge in [-0.2, -0.15) is 0 Å². The molecule has 0 bridgehead atoms. The molecule has 0 unspecified atom stereocenters. The van der Waals surface area contributed by atoms with Gasteiger partial charge in [-0.25, -0.2) is 13.1 Å². The van der Waals surface area contributed by atoms with Gasteiger partial charge in [-0.1, -0.05) is 0 Å². The Morgan fingerprint density at radius 3 is 2.89 bits per heavy atom. The molecular weight excluding hydrogens is 268 g/mol. The van der Waals surface area contributed by atoms with Crippen molar-refractivity contribution in [3.63, 3.8) is 0 Å². The highest BCUT2D eigenvalue weighted by atomic mass is 32.2. The van der Waals surface area contributed by atoms with Gasteiger partial charge in [0.15, 0.2) is 0 Å². The monoisotopic (exact) mass is 282 g/mol. The molecule has 2 aromatic heterocycles. The normalized spacial score (nSPS) is 11.4. The number of nitrogen functional groups attached to an aromatic ring is 1. The van der Waals surface area contributed by atoms with Gasteiger partial charge in [0.25, 0.3) is 0 Å². The summed E-state index contributed by atoms with van der Waals surface area (Å²) < 4.78 is 31.7. The lowest BCUT2D eigenvalue weighted by Gasteiger charge is -2.09. The number of hydrazine groups is 1. The van der Waals surface area contributed by atoms with E-state index in [1.54, 1.807) is 18.4 Å². The number of hydrogen-bond acceptors (Lipinski definition) is 6. The van der Waals surface area contributed by atoms with Gasteiger partial charge >= 0.3 is 0 Å². The summed E-state index contributed by atoms with van der Waals surface area (Å²) in [7, 11) is -3.65. The molecule has 0 atom stereocenters. The Labute approximate surface area is 110 Å². The van der Waals surface area contributed by atoms with E-state index in [9.17, 15) is 8.42 Å². The Kier molecular flexibility index (Phi) is 4.15. The number of pyridine rings is 1. The maximum Gasteiger partial charge on any atom is 0.244 e. The van der Waals surface area contributed by atoms with E-state index in [1.165, 1.54) is 18.5 Å². The first-order chi connectivity index (χ1) is 9.13. The van der Waals surface area contributed by atoms with Crippen molar-refractivity contribution in [2.45, 2.75) is 11.3 Å². The van der Waals surface area contributed by atoms with Gasteiger partial charge < -0.3 is 9.84 Å². The van der Waals surface area contributed by atoms with Crippen molar-refractivity contribution < 1.29 is 12.8 Å². The highest BCUT2D eigenvalue weighted by Crippen LogP contribution is 2.17. The van der Waals surface area contributed by atoms with Crippen molar-refractivity contribution in [2.24, 2.45) is 5.84 Å². The summed E-state index contributed by atoms with van der Waals surface area (Å²) in [5, 5.41) is 0. The Bertz CT molecular complexity index is 625. The standard InChI is InChI=1S/C11H14N4O3S/c12-15-10-4-5-13-8-11(10)19(16,17)14-6-3-9-2-1-7-18-9/h1-2,4-5,7-8,14H,3,6,12H2,(H,13,15). The summed E-state index contributed by atoms with van der Waals surface area (Å²) in [5.74, 6) is 5.98. The predicted molar refractivity (Wildman–Crippen MR) is 69.6 cm³/mol. The smallest absolute Gasteiger partial charge is 0.244 e. The minimum atomic E-state index is -3.65. The Balaban J connectivity index is 2.05. The lowest BCUT2D eigenvalue weighted by molar-refractivity contribution is 0.506. The van der Waals surface area contributed by atoms with Crippen LogP contribution < -0.4 is 16.0 Å². The van der Waals surface area contributed by atoms with Crippen molar-refractivity contribution >= 4 is 15.7 Å². The molecule has 0 saturated heterocycles. The van der Waals surface area contributed by atoms with Gasteiger partial charge in [0.1, 0.15) is 10.7 Å². The number of furan rings is 1. The molecule has 0 aliphatic heterocycles. The third-order valence-corrected chi connectivity index (χ3v) is 3.96. The van der Waals surface area contributed by atoms with E-state index in [2.05, 4.69) is 15.1 Å². The molecule has 0 fully saturated rings. The number of anilines is 1. The minimum absolute atomic E-state index is 0.0111. The molecule has 2 heterocycles. The number of nitrogens with one attached hydrogen (secondary N) is 2. The highest BCUT2D eigenvalue weighted by molar-refractivity contribution is 7.89. The first-order valence-electron chi connectivity index (χ1n) is 5.56. The van der Waals surface area contributed by atoms with E-state index in [-0.39, 0.29) is 11.4 Å². The highest BCUT2D eigenvalue weighted by Gasteiger charge is 2.18. The number of nitrogens with zero attached hydrogens (tertiary/aromatic N) is 1. The molecule has 4 N–H and O–H groups in total. The molecule has 0 radical (unpaired) electrons. The fourth-order valence-corrected chi connectivity index (χ4v) is 2.70. The van der Waals surface area contributed by atoms with Gasteiger partial charge in [-0.05, 0) is 18.2 Å². The minimum Gasteiger partial charge on any atom is -0.469 e. The van der Waals surface area contributed by atoms with Crippen LogP contribution in [-0.4, -0.2) is 19.9 Å². The predicted octanol–water partition coefficient (Wildman–Crippen LogP) is 0.481. The van der Waals surface area contributed by atoms with Crippen molar-refractivity contribution in [3.05, 3.63) is 42.6 Å². The number of nitrogens with two attached hydrogens (primary N) is 1. The summed E-state index contributed by atoms with van der Waals surface area (Å²) >= 11 is 0. The molecule has 0 spiro atoms. The zero-order valence-electron chi connectivity index (χ0n) is 10.0. The average Bonchev–Trinajstić information content (AvgIpc) is 2.91. The van der Waals surface area contributed by atoms with Gasteiger partial charge in [0.05, 0.1) is 12.0 Å². The Morgan fingerprint density at radius 2 is 2.21 bits per heavy atom. The molecule has 0 aromatic carbocycles. The molecule has 102 valence electrons. The van der Waals surface area contributed by atoms with Crippen molar-refractivity contribution in [1.29, 1.82) is 0 Å². The van der Waals surface area contributed by atoms with Crippen LogP contribution in [0, 0.1) is 0 Å². The average molecular weight is 282 g/mol. The summed E-state index contributed by atoms with van der Waals surface area (Å²) in [4.78, 5) is 3.80. The van der Waals surface area contributed by atoms with Crippen molar-refractivity contribution in [1.82, 2.24) is 9.71 Å². The lowest BCUT2D eigenvalue weighted by Crippen LogP contribution is -2.27. The number of hydrogen-bond donors (Lipinski definition) is 3. The van der Waals surface area contributed by atoms with E-state index in [0.717, 1.165) is 0 Å². The first kappa shape index (κ1) is 13.5. The van der Waals surface area contributed by atoms with E-state index >= 15 is 0 Å². The molecule has 8 heteroatoms. The van der Waals surface area contributed by atoms with E-state index in [1.807, 2.05) is 0 Å². The fourth-order valence-electron chi connectivity index (χ4n) is 1.55. The topological polar surface area (TPSA) is 110 Å². The van der Waals surface area contributed by atoms with Crippen LogP contribution in [0.5, 0.6) is 0 Å². The fraction of sp³-hybridized carbons (Fsp3) is 0.182. The molecule has 0 amide bonds. The first-order valence-corrected chi connectivity index (χ1v) is 7.04. The van der Waals surface area contributed by atoms with Crippen molar-refractivity contribution in [2.75, 3.05) is 12.0 Å². The molecule has 0 aliphatic rings. The molecule has 0 saturated carbocycles. The van der Waals surface area contributed by atoms with Gasteiger partial charge in [-0.3, -0.25) is 10.8 Å². The van der Waals surface area contributed by atoms with Gasteiger partial charge in [0.2, 0.25) is 10.0 Å². The zero-order chi connectivity index (χ0) is 13.7. The van der Waals surface area contributed by atoms with Crippen molar-refractivity contribution in [3.8, 4) is 0 Å². The Morgan fingerprint density at radius 1 is 1.37 bits per heavy atom. The van der Waals surface area contributed by atoms with Crippen LogP contribution in [0.25, 0.3) is 0 Å². The molecule has 2 aromatic rings. The lowest BCUT2D eigenvalue weighted by atomic mass is 10.3. The van der Waals surface area contributed by atoms with E-state index < -0.39 is 10.0 Å². The van der Waals surface area contributed by atoms with E-state index in [0.29, 0.717) is 17.9 Å². The second kappa shape index (κ2) is 5.83. The SMILES string of the molecule is NNc1ccncc1S(=O)(=O)NCCc1ccco1. The van der Waals surface area contributed by atoms with Crippen LogP contribution in [0.15, 0.2) is 46.2 Å². The number of aromatic nitrogens is 1. The largest absolute Gasteiger partial charge is 0.469 e. The molecular formula is C11H14N4O3S. The summed E-state index contributed by atoms with van der Waals surface area (Å²) in [6.45, 7) is 0.231. The molecule has 7 nitrogen and oxygen atoms in total. The van der Waals surface area contributed by atoms with E-state index in [4.69, 9.17) is 10.3 Å². The quantitative estimate of drug-likeness (QED) is 0.525. The van der Waals surface area contributed by atoms with Gasteiger partial charge in [-0.15, -0.1) is 0 Å². The van der Waals surface area contributed by atoms with Crippen LogP contribution in [0.1, 0.15) is 5.76 Å². The third kappa shape index (κ3) is 3.31. The van der Waals surface area contributed by atoms with Crippen LogP contribution in [0.4, 0.5) is 5.69 Å². The van der Waals surface area contributed by atoms with Crippen LogP contribution in [-0.2, 0) is 16.4 Å². The molecule has 2 rings (SSSR count). The van der Waals surface area contributed by atoms with Crippen LogP contribution >= 0.6 is 0 Å². The Hall–Kier alpha value is -1.90. The second-order valence-electron chi connectivity index (χ2n) is 3.74. The summed E-state index contributed by atoms with van der Waals surface area (Å²) in [6.07, 6.45) is 4.71.